The molecule has 0 saturated heterocycles. The van der Waals surface area contributed by atoms with Crippen molar-refractivity contribution >= 4 is 34.8 Å². The average Bonchev–Trinajstić information content (AvgIpc) is 1.36. The van der Waals surface area contributed by atoms with Gasteiger partial charge in [0, 0.05) is 0 Å². The Labute approximate surface area is 52.4 Å². The molecule has 0 N–H and O–H groups in total. The lowest BCUT2D eigenvalue weighted by Gasteiger charge is -1.97. The fourth-order valence-electron chi connectivity index (χ4n) is 0. The van der Waals surface area contributed by atoms with E-state index in [1.54, 1.807) is 6.92 Å². The van der Waals surface area contributed by atoms with E-state index in [4.69, 9.17) is 34.8 Å². The molecule has 0 aromatic heterocycles. The number of alkyl halides is 3. The molecular formula is C3H5Cl3. The third kappa shape index (κ3) is 3.08. The molecular weight excluding hydrogens is 142 g/mol. The average molecular weight is 147 g/mol. The predicted octanol–water partition coefficient (Wildman–Crippen LogP) is 2.42. The smallest absolute Gasteiger partial charge is 0.120 e. The van der Waals surface area contributed by atoms with E-state index in [-0.39, 0.29) is 5.38 Å². The molecule has 0 heterocycles. The van der Waals surface area contributed by atoms with Crippen LogP contribution in [-0.4, -0.2) is 10.2 Å². The minimum Gasteiger partial charge on any atom is -0.120 e. The first-order chi connectivity index (χ1) is 2.64. The van der Waals surface area contributed by atoms with Crippen molar-refractivity contribution in [3.63, 3.8) is 0 Å². The van der Waals surface area contributed by atoms with Gasteiger partial charge in [0.05, 0.1) is 5.38 Å². The van der Waals surface area contributed by atoms with Crippen LogP contribution < -0.4 is 0 Å². The number of hydrogen-bond donors (Lipinski definition) is 0. The van der Waals surface area contributed by atoms with Gasteiger partial charge in [-0.3, -0.25) is 0 Å². The van der Waals surface area contributed by atoms with Crippen LogP contribution in [0.5, 0.6) is 0 Å². The largest absolute Gasteiger partial charge is 0.123 e. The Bertz CT molecular complexity index is 27.0. The van der Waals surface area contributed by atoms with Gasteiger partial charge in [-0.2, -0.15) is 0 Å². The van der Waals surface area contributed by atoms with Crippen LogP contribution in [0.15, 0.2) is 0 Å². The Morgan fingerprint density at radius 3 is 1.33 bits per heavy atom. The first kappa shape index (κ1) is 6.87. The Morgan fingerprint density at radius 2 is 1.33 bits per heavy atom. The van der Waals surface area contributed by atoms with Crippen molar-refractivity contribution in [2.45, 2.75) is 17.1 Å². The molecule has 0 bridgehead atoms. The second kappa shape index (κ2) is 2.95. The third-order valence-corrected chi connectivity index (χ3v) is 1.61. The first-order valence-electron chi connectivity index (χ1n) is 1.57. The highest BCUT2D eigenvalue weighted by Crippen LogP contribution is 2.11. The van der Waals surface area contributed by atoms with E-state index in [1.807, 2.05) is 0 Å². The summed E-state index contributed by atoms with van der Waals surface area (Å²) in [7, 11) is 0. The molecule has 0 fully saturated rings. The van der Waals surface area contributed by atoms with Crippen LogP contribution in [0.1, 0.15) is 6.92 Å². The van der Waals surface area contributed by atoms with Gasteiger partial charge in [-0.15, -0.1) is 34.8 Å². The zero-order valence-corrected chi connectivity index (χ0v) is 5.56. The van der Waals surface area contributed by atoms with Crippen molar-refractivity contribution in [2.24, 2.45) is 0 Å². The molecule has 0 rings (SSSR count). The van der Waals surface area contributed by atoms with Gasteiger partial charge in [-0.1, -0.05) is 0 Å². The SMILES string of the molecule is C[C@H](Cl)C(Cl)Cl. The van der Waals surface area contributed by atoms with Crippen molar-refractivity contribution in [2.75, 3.05) is 0 Å². The van der Waals surface area contributed by atoms with Crippen molar-refractivity contribution in [1.29, 1.82) is 0 Å². The van der Waals surface area contributed by atoms with Crippen LogP contribution in [0.3, 0.4) is 0 Å². The van der Waals surface area contributed by atoms with Gasteiger partial charge < -0.3 is 0 Å². The second-order valence-electron chi connectivity index (χ2n) is 1.01. The summed E-state index contributed by atoms with van der Waals surface area (Å²) in [6, 6.07) is 0. The quantitative estimate of drug-likeness (QED) is 0.500. The van der Waals surface area contributed by atoms with Gasteiger partial charge in [0.2, 0.25) is 0 Å². The van der Waals surface area contributed by atoms with Crippen LogP contribution in [0, 0.1) is 0 Å². The standard InChI is InChI=1S/C3H5Cl3/c1-2(4)3(5)6/h2-3H,1H3/t2-/m0/s1. The molecule has 0 radical (unpaired) electrons. The zero-order chi connectivity index (χ0) is 5.15. The Morgan fingerprint density at radius 1 is 1.17 bits per heavy atom. The summed E-state index contributed by atoms with van der Waals surface area (Å²) < 4.78 is 0. The highest BCUT2D eigenvalue weighted by Gasteiger charge is 2.04. The van der Waals surface area contributed by atoms with Crippen molar-refractivity contribution < 1.29 is 0 Å². The van der Waals surface area contributed by atoms with Crippen LogP contribution >= 0.6 is 34.8 Å². The third-order valence-electron chi connectivity index (χ3n) is 0.347. The maximum Gasteiger partial charge on any atom is 0.123 e. The van der Waals surface area contributed by atoms with Gasteiger partial charge in [0.25, 0.3) is 0 Å². The molecule has 1 atom stereocenters. The van der Waals surface area contributed by atoms with Crippen LogP contribution in [0.4, 0.5) is 0 Å². The molecule has 0 aliphatic heterocycles. The molecule has 0 aromatic carbocycles. The minimum atomic E-state index is -0.438. The lowest BCUT2D eigenvalue weighted by atomic mass is 10.6. The lowest BCUT2D eigenvalue weighted by Crippen LogP contribution is -2.00. The van der Waals surface area contributed by atoms with Crippen LogP contribution in [0.25, 0.3) is 0 Å². The van der Waals surface area contributed by atoms with E-state index in [1.165, 1.54) is 0 Å². The number of hydrogen-bond acceptors (Lipinski definition) is 0. The van der Waals surface area contributed by atoms with Gasteiger partial charge in [-0.05, 0) is 6.92 Å². The minimum absolute atomic E-state index is 0.145. The molecule has 38 valence electrons. The van der Waals surface area contributed by atoms with E-state index in [0.29, 0.717) is 0 Å². The topological polar surface area (TPSA) is 0 Å². The highest BCUT2D eigenvalue weighted by molar-refractivity contribution is 6.48. The Balaban J connectivity index is 2.99. The van der Waals surface area contributed by atoms with Gasteiger partial charge in [-0.25, -0.2) is 0 Å². The number of rotatable bonds is 1. The summed E-state index contributed by atoms with van der Waals surface area (Å²) in [6.07, 6.45) is 0. The van der Waals surface area contributed by atoms with E-state index in [0.717, 1.165) is 0 Å². The normalized spacial score (nSPS) is 15.5. The summed E-state index contributed by atoms with van der Waals surface area (Å²) in [5.74, 6) is 0. The fraction of sp³-hybridized carbons (Fsp3) is 1.00. The van der Waals surface area contributed by atoms with E-state index in [9.17, 15) is 0 Å². The molecule has 0 unspecified atom stereocenters. The van der Waals surface area contributed by atoms with Gasteiger partial charge in [0.15, 0.2) is 0 Å². The highest BCUT2D eigenvalue weighted by atomic mass is 35.5. The van der Waals surface area contributed by atoms with Gasteiger partial charge >= 0.3 is 0 Å². The van der Waals surface area contributed by atoms with Crippen LogP contribution in [0.2, 0.25) is 0 Å². The van der Waals surface area contributed by atoms with Crippen molar-refractivity contribution in [3.8, 4) is 0 Å². The van der Waals surface area contributed by atoms with E-state index >= 15 is 0 Å². The summed E-state index contributed by atoms with van der Waals surface area (Å²) >= 11 is 15.8. The molecule has 3 heteroatoms. The second-order valence-corrected chi connectivity index (χ2v) is 2.86. The monoisotopic (exact) mass is 146 g/mol. The van der Waals surface area contributed by atoms with Crippen molar-refractivity contribution in [3.05, 3.63) is 0 Å². The maximum absolute atomic E-state index is 5.35. The molecule has 0 nitrogen and oxygen atoms in total. The maximum atomic E-state index is 5.35. The Hall–Kier alpha value is 0.870. The van der Waals surface area contributed by atoms with E-state index in [2.05, 4.69) is 0 Å². The molecule has 6 heavy (non-hydrogen) atoms. The van der Waals surface area contributed by atoms with E-state index < -0.39 is 4.84 Å². The summed E-state index contributed by atoms with van der Waals surface area (Å²) in [4.78, 5) is -0.438. The van der Waals surface area contributed by atoms with Gasteiger partial charge in [0.1, 0.15) is 4.84 Å². The molecule has 0 aliphatic carbocycles. The predicted molar refractivity (Wildman–Crippen MR) is 30.8 cm³/mol. The number of halogens is 3. The molecule has 0 spiro atoms. The fourth-order valence-corrected chi connectivity index (χ4v) is 0. The molecule has 0 saturated carbocycles. The van der Waals surface area contributed by atoms with Crippen molar-refractivity contribution in [1.82, 2.24) is 0 Å². The molecule has 0 aromatic rings. The summed E-state index contributed by atoms with van der Waals surface area (Å²) in [5, 5.41) is -0.145. The molecule has 0 amide bonds. The first-order valence-corrected chi connectivity index (χ1v) is 2.87. The molecule has 0 aliphatic rings. The Kier molecular flexibility index (Phi) is 3.38. The summed E-state index contributed by atoms with van der Waals surface area (Å²) in [5.41, 5.74) is 0. The lowest BCUT2D eigenvalue weighted by molar-refractivity contribution is 1.05. The summed E-state index contributed by atoms with van der Waals surface area (Å²) in [6.45, 7) is 1.74. The zero-order valence-electron chi connectivity index (χ0n) is 3.29. The van der Waals surface area contributed by atoms with Crippen LogP contribution in [-0.2, 0) is 0 Å².